The van der Waals surface area contributed by atoms with Crippen LogP contribution in [0.4, 0.5) is 0 Å². The predicted molar refractivity (Wildman–Crippen MR) is 71.6 cm³/mol. The first-order valence-electron chi connectivity index (χ1n) is 6.39. The largest absolute Gasteiger partial charge is 0.345 e. The van der Waals surface area contributed by atoms with Crippen molar-refractivity contribution in [3.05, 3.63) is 35.9 Å². The second-order valence-corrected chi connectivity index (χ2v) is 5.10. The summed E-state index contributed by atoms with van der Waals surface area (Å²) in [6.45, 7) is 5.15. The maximum atomic E-state index is 4.21. The summed E-state index contributed by atoms with van der Waals surface area (Å²) in [6, 6.07) is 6.17. The summed E-state index contributed by atoms with van der Waals surface area (Å²) in [4.78, 5) is 7.33. The van der Waals surface area contributed by atoms with Gasteiger partial charge in [0.2, 0.25) is 0 Å². The van der Waals surface area contributed by atoms with Gasteiger partial charge >= 0.3 is 0 Å². The third-order valence-electron chi connectivity index (χ3n) is 2.99. The van der Waals surface area contributed by atoms with Gasteiger partial charge in [-0.2, -0.15) is 0 Å². The van der Waals surface area contributed by atoms with Gasteiger partial charge in [0.15, 0.2) is 5.82 Å². The molecular formula is C13H16N6. The van der Waals surface area contributed by atoms with Crippen molar-refractivity contribution in [2.75, 3.05) is 0 Å². The van der Waals surface area contributed by atoms with Gasteiger partial charge in [0.1, 0.15) is 0 Å². The molecule has 98 valence electrons. The van der Waals surface area contributed by atoms with Crippen LogP contribution in [-0.2, 0) is 13.0 Å². The zero-order valence-corrected chi connectivity index (χ0v) is 11.0. The van der Waals surface area contributed by atoms with Gasteiger partial charge in [-0.25, -0.2) is 9.67 Å². The number of hydrogen-bond acceptors (Lipinski definition) is 4. The highest BCUT2D eigenvalue weighted by atomic mass is 15.5. The molecular weight excluding hydrogens is 240 g/mol. The summed E-state index contributed by atoms with van der Waals surface area (Å²) in [5, 5.41) is 11.9. The maximum absolute atomic E-state index is 4.21. The van der Waals surface area contributed by atoms with Crippen LogP contribution in [0.3, 0.4) is 0 Å². The van der Waals surface area contributed by atoms with Crippen molar-refractivity contribution in [1.29, 1.82) is 0 Å². The van der Waals surface area contributed by atoms with E-state index in [1.165, 1.54) is 5.56 Å². The molecule has 0 bridgehead atoms. The normalized spacial score (nSPS) is 11.5. The van der Waals surface area contributed by atoms with E-state index in [0.29, 0.717) is 5.92 Å². The molecule has 6 nitrogen and oxygen atoms in total. The summed E-state index contributed by atoms with van der Waals surface area (Å²) in [5.74, 6) is 1.42. The Morgan fingerprint density at radius 1 is 1.32 bits per heavy atom. The SMILES string of the molecule is CC(C)Cn1nnnc1Cc1ccc2nc[nH]c2c1. The first-order chi connectivity index (χ1) is 9.22. The van der Waals surface area contributed by atoms with Crippen molar-refractivity contribution < 1.29 is 0 Å². The number of nitrogens with zero attached hydrogens (tertiary/aromatic N) is 5. The van der Waals surface area contributed by atoms with Crippen LogP contribution in [0.2, 0.25) is 0 Å². The summed E-state index contributed by atoms with van der Waals surface area (Å²) in [6.07, 6.45) is 2.44. The molecule has 19 heavy (non-hydrogen) atoms. The number of rotatable bonds is 4. The molecule has 0 aliphatic rings. The van der Waals surface area contributed by atoms with E-state index in [-0.39, 0.29) is 0 Å². The first-order valence-corrected chi connectivity index (χ1v) is 6.39. The number of tetrazole rings is 1. The average Bonchev–Trinajstić information content (AvgIpc) is 2.98. The summed E-state index contributed by atoms with van der Waals surface area (Å²) in [5.41, 5.74) is 3.20. The lowest BCUT2D eigenvalue weighted by atomic mass is 10.1. The van der Waals surface area contributed by atoms with Gasteiger partial charge < -0.3 is 4.98 Å². The van der Waals surface area contributed by atoms with Crippen LogP contribution in [-0.4, -0.2) is 30.2 Å². The van der Waals surface area contributed by atoms with Crippen LogP contribution in [0.5, 0.6) is 0 Å². The van der Waals surface area contributed by atoms with E-state index in [2.05, 4.69) is 51.5 Å². The predicted octanol–water partition coefficient (Wildman–Crippen LogP) is 1.80. The minimum absolute atomic E-state index is 0.525. The van der Waals surface area contributed by atoms with E-state index < -0.39 is 0 Å². The van der Waals surface area contributed by atoms with Crippen molar-refractivity contribution >= 4 is 11.0 Å². The van der Waals surface area contributed by atoms with E-state index in [9.17, 15) is 0 Å². The second kappa shape index (κ2) is 4.79. The molecule has 2 aromatic heterocycles. The number of hydrogen-bond donors (Lipinski definition) is 1. The Kier molecular flexibility index (Phi) is 2.98. The maximum Gasteiger partial charge on any atom is 0.155 e. The topological polar surface area (TPSA) is 72.3 Å². The number of imidazole rings is 1. The molecule has 0 aliphatic carbocycles. The molecule has 0 saturated carbocycles. The van der Waals surface area contributed by atoms with E-state index in [1.807, 2.05) is 10.7 Å². The quantitative estimate of drug-likeness (QED) is 0.772. The van der Waals surface area contributed by atoms with Gasteiger partial charge in [-0.1, -0.05) is 19.9 Å². The van der Waals surface area contributed by atoms with Gasteiger partial charge in [-0.3, -0.25) is 0 Å². The summed E-state index contributed by atoms with van der Waals surface area (Å²) >= 11 is 0. The lowest BCUT2D eigenvalue weighted by molar-refractivity contribution is 0.460. The molecule has 0 fully saturated rings. The lowest BCUT2D eigenvalue weighted by Crippen LogP contribution is -2.10. The van der Waals surface area contributed by atoms with Crippen molar-refractivity contribution in [2.24, 2.45) is 5.92 Å². The smallest absolute Gasteiger partial charge is 0.155 e. The molecule has 1 aromatic carbocycles. The molecule has 0 saturated heterocycles. The van der Waals surface area contributed by atoms with E-state index >= 15 is 0 Å². The Labute approximate surface area is 110 Å². The van der Waals surface area contributed by atoms with Gasteiger partial charge in [0.25, 0.3) is 0 Å². The number of fused-ring (bicyclic) bond motifs is 1. The Morgan fingerprint density at radius 3 is 3.05 bits per heavy atom. The summed E-state index contributed by atoms with van der Waals surface area (Å²) < 4.78 is 1.88. The molecule has 6 heteroatoms. The third kappa shape index (κ3) is 2.47. The molecule has 0 aliphatic heterocycles. The average molecular weight is 256 g/mol. The Hall–Kier alpha value is -2.24. The van der Waals surface area contributed by atoms with Crippen molar-refractivity contribution in [2.45, 2.75) is 26.8 Å². The van der Waals surface area contributed by atoms with Crippen molar-refractivity contribution in [3.63, 3.8) is 0 Å². The molecule has 0 atom stereocenters. The van der Waals surface area contributed by atoms with Crippen LogP contribution in [0.1, 0.15) is 25.2 Å². The number of H-pyrrole nitrogens is 1. The fourth-order valence-corrected chi connectivity index (χ4v) is 2.11. The van der Waals surface area contributed by atoms with Gasteiger partial charge in [0, 0.05) is 13.0 Å². The Bertz CT molecular complexity index is 681. The summed E-state index contributed by atoms with van der Waals surface area (Å²) in [7, 11) is 0. The molecule has 3 rings (SSSR count). The van der Waals surface area contributed by atoms with Gasteiger partial charge in [0.05, 0.1) is 17.4 Å². The molecule has 0 amide bonds. The fraction of sp³-hybridized carbons (Fsp3) is 0.385. The Balaban J connectivity index is 1.86. The van der Waals surface area contributed by atoms with Gasteiger partial charge in [-0.05, 0) is 34.0 Å². The molecule has 0 unspecified atom stereocenters. The number of aromatic nitrogens is 6. The standard InChI is InChI=1S/C13H16N6/c1-9(2)7-19-13(16-17-18-19)6-10-3-4-11-12(5-10)15-8-14-11/h3-5,8-9H,6-7H2,1-2H3,(H,14,15). The Morgan fingerprint density at radius 2 is 2.21 bits per heavy atom. The number of benzene rings is 1. The number of aromatic amines is 1. The minimum Gasteiger partial charge on any atom is -0.345 e. The molecule has 0 radical (unpaired) electrons. The fourth-order valence-electron chi connectivity index (χ4n) is 2.11. The van der Waals surface area contributed by atoms with Crippen LogP contribution in [0.25, 0.3) is 11.0 Å². The van der Waals surface area contributed by atoms with Crippen molar-refractivity contribution in [1.82, 2.24) is 30.2 Å². The zero-order valence-electron chi connectivity index (χ0n) is 11.0. The number of nitrogens with one attached hydrogen (secondary N) is 1. The first kappa shape index (κ1) is 11.8. The molecule has 2 heterocycles. The van der Waals surface area contributed by atoms with E-state index in [4.69, 9.17) is 0 Å². The van der Waals surface area contributed by atoms with Gasteiger partial charge in [-0.15, -0.1) is 5.10 Å². The monoisotopic (exact) mass is 256 g/mol. The van der Waals surface area contributed by atoms with E-state index in [0.717, 1.165) is 29.8 Å². The molecule has 3 aromatic rings. The minimum atomic E-state index is 0.525. The molecule has 0 spiro atoms. The third-order valence-corrected chi connectivity index (χ3v) is 2.99. The highest BCUT2D eigenvalue weighted by Gasteiger charge is 2.09. The van der Waals surface area contributed by atoms with Crippen LogP contribution in [0.15, 0.2) is 24.5 Å². The highest BCUT2D eigenvalue weighted by molar-refractivity contribution is 5.75. The van der Waals surface area contributed by atoms with Crippen molar-refractivity contribution in [3.8, 4) is 0 Å². The van der Waals surface area contributed by atoms with Crippen LogP contribution < -0.4 is 0 Å². The van der Waals surface area contributed by atoms with Crippen LogP contribution >= 0.6 is 0 Å². The van der Waals surface area contributed by atoms with Crippen LogP contribution in [0, 0.1) is 5.92 Å². The van der Waals surface area contributed by atoms with E-state index in [1.54, 1.807) is 6.33 Å². The molecule has 1 N–H and O–H groups in total. The zero-order chi connectivity index (χ0) is 13.2. The highest BCUT2D eigenvalue weighted by Crippen LogP contribution is 2.14. The lowest BCUT2D eigenvalue weighted by Gasteiger charge is -2.07. The second-order valence-electron chi connectivity index (χ2n) is 5.10.